The number of likely N-dealkylation sites (N-methyl/N-ethyl adjacent to an activating group) is 1. The lowest BCUT2D eigenvalue weighted by Gasteiger charge is -2.42. The van der Waals surface area contributed by atoms with Crippen molar-refractivity contribution in [2.75, 3.05) is 23.9 Å². The first kappa shape index (κ1) is 14.1. The normalized spacial score (nSPS) is 25.2. The van der Waals surface area contributed by atoms with E-state index < -0.39 is 0 Å². The number of methoxy groups -OCH3 is 1. The number of benzene rings is 2. The highest BCUT2D eigenvalue weighted by atomic mass is 16.5. The third-order valence-corrected chi connectivity index (χ3v) is 4.78. The van der Waals surface area contributed by atoms with Crippen LogP contribution in [0.3, 0.4) is 0 Å². The van der Waals surface area contributed by atoms with Crippen LogP contribution in [0.2, 0.25) is 0 Å². The van der Waals surface area contributed by atoms with E-state index in [1.807, 2.05) is 6.07 Å². The van der Waals surface area contributed by atoms with Crippen LogP contribution in [0.5, 0.6) is 0 Å². The number of rotatable bonds is 2. The molecule has 2 aliphatic heterocycles. The molecule has 2 aromatic carbocycles. The molecule has 3 atom stereocenters. The summed E-state index contributed by atoms with van der Waals surface area (Å²) in [7, 11) is 1.72. The van der Waals surface area contributed by atoms with Crippen LogP contribution in [0, 0.1) is 0 Å². The molecule has 0 aliphatic carbocycles. The average Bonchev–Trinajstić information content (AvgIpc) is 2.98. The van der Waals surface area contributed by atoms with Crippen LogP contribution in [0.4, 0.5) is 11.4 Å². The minimum Gasteiger partial charge on any atom is -0.484 e. The number of anilines is 2. The van der Waals surface area contributed by atoms with Crippen LogP contribution in [0.1, 0.15) is 18.4 Å². The minimum absolute atomic E-state index is 0.0185. The van der Waals surface area contributed by atoms with Gasteiger partial charge in [0, 0.05) is 6.54 Å². The zero-order valence-electron chi connectivity index (χ0n) is 13.4. The van der Waals surface area contributed by atoms with Crippen LogP contribution < -0.4 is 10.2 Å². The van der Waals surface area contributed by atoms with Gasteiger partial charge in [-0.25, -0.2) is 4.99 Å². The number of nitrogens with zero attached hydrogens (tertiary/aromatic N) is 2. The number of hydrogen-bond acceptors (Lipinski definition) is 4. The van der Waals surface area contributed by atoms with Gasteiger partial charge in [0.25, 0.3) is 0 Å². The van der Waals surface area contributed by atoms with Crippen molar-refractivity contribution < 1.29 is 4.74 Å². The summed E-state index contributed by atoms with van der Waals surface area (Å²) >= 11 is 0. The molecule has 4 nitrogen and oxygen atoms in total. The van der Waals surface area contributed by atoms with Gasteiger partial charge in [0.2, 0.25) is 0 Å². The Balaban J connectivity index is 1.81. The second-order valence-electron chi connectivity index (χ2n) is 5.94. The number of nitrogens with one attached hydrogen (secondary N) is 1. The van der Waals surface area contributed by atoms with E-state index in [0.29, 0.717) is 0 Å². The van der Waals surface area contributed by atoms with Crippen molar-refractivity contribution in [1.82, 2.24) is 0 Å². The molecule has 23 heavy (non-hydrogen) atoms. The predicted molar refractivity (Wildman–Crippen MR) is 94.3 cm³/mol. The summed E-state index contributed by atoms with van der Waals surface area (Å²) in [5.41, 5.74) is 3.63. The molecule has 0 saturated carbocycles. The Hall–Kier alpha value is -2.49. The van der Waals surface area contributed by atoms with Gasteiger partial charge in [-0.05, 0) is 24.6 Å². The van der Waals surface area contributed by atoms with E-state index >= 15 is 0 Å². The van der Waals surface area contributed by atoms with Crippen molar-refractivity contribution in [3.8, 4) is 0 Å². The Kier molecular flexibility index (Phi) is 3.45. The molecule has 0 saturated heterocycles. The molecule has 2 aliphatic rings. The van der Waals surface area contributed by atoms with Gasteiger partial charge in [-0.3, -0.25) is 0 Å². The van der Waals surface area contributed by atoms with Gasteiger partial charge in [0.15, 0.2) is 5.90 Å². The van der Waals surface area contributed by atoms with E-state index in [1.54, 1.807) is 7.11 Å². The Morgan fingerprint density at radius 2 is 1.83 bits per heavy atom. The van der Waals surface area contributed by atoms with E-state index in [2.05, 4.69) is 65.7 Å². The van der Waals surface area contributed by atoms with Crippen LogP contribution in [-0.2, 0) is 4.74 Å². The zero-order valence-corrected chi connectivity index (χ0v) is 13.4. The molecule has 2 heterocycles. The summed E-state index contributed by atoms with van der Waals surface area (Å²) in [4.78, 5) is 7.27. The van der Waals surface area contributed by atoms with E-state index in [1.165, 1.54) is 11.3 Å². The average molecular weight is 307 g/mol. The molecule has 0 bridgehead atoms. The second-order valence-corrected chi connectivity index (χ2v) is 5.94. The van der Waals surface area contributed by atoms with Gasteiger partial charge in [-0.1, -0.05) is 42.5 Å². The summed E-state index contributed by atoms with van der Waals surface area (Å²) in [6, 6.07) is 19.2. The van der Waals surface area contributed by atoms with Crippen LogP contribution in [-0.4, -0.2) is 31.8 Å². The SMILES string of the molecule is CCN1c2ccccc2N[C@H]2N=C(OC)[C@H](c3ccccc3)[C@H]21. The quantitative estimate of drug-likeness (QED) is 0.923. The molecule has 0 fully saturated rings. The third-order valence-electron chi connectivity index (χ3n) is 4.78. The lowest BCUT2D eigenvalue weighted by Crippen LogP contribution is -2.51. The standard InChI is InChI=1S/C19H21N3O/c1-3-22-15-12-8-7-11-14(15)20-18-17(22)16(19(21-18)23-2)13-9-5-4-6-10-13/h4-12,16-18,20H,3H2,1-2H3/t16-,17-,18+/m1/s1. The summed E-state index contributed by atoms with van der Waals surface area (Å²) < 4.78 is 5.65. The van der Waals surface area contributed by atoms with Crippen molar-refractivity contribution in [3.05, 3.63) is 60.2 Å². The fourth-order valence-electron chi connectivity index (χ4n) is 3.82. The van der Waals surface area contributed by atoms with Crippen molar-refractivity contribution in [2.45, 2.75) is 25.0 Å². The van der Waals surface area contributed by atoms with Gasteiger partial charge in [-0.2, -0.15) is 0 Å². The van der Waals surface area contributed by atoms with Crippen molar-refractivity contribution >= 4 is 17.3 Å². The van der Waals surface area contributed by atoms with E-state index in [9.17, 15) is 0 Å². The first-order valence-corrected chi connectivity index (χ1v) is 8.12. The van der Waals surface area contributed by atoms with E-state index in [-0.39, 0.29) is 18.1 Å². The molecule has 1 N–H and O–H groups in total. The molecule has 0 radical (unpaired) electrons. The molecular weight excluding hydrogens is 286 g/mol. The van der Waals surface area contributed by atoms with Gasteiger partial charge >= 0.3 is 0 Å². The van der Waals surface area contributed by atoms with Gasteiger partial charge < -0.3 is 15.0 Å². The lowest BCUT2D eigenvalue weighted by molar-refractivity contribution is 0.382. The summed E-state index contributed by atoms with van der Waals surface area (Å²) in [5.74, 6) is 0.956. The topological polar surface area (TPSA) is 36.9 Å². The first-order chi connectivity index (χ1) is 11.3. The van der Waals surface area contributed by atoms with Gasteiger partial charge in [0.1, 0.15) is 6.17 Å². The van der Waals surface area contributed by atoms with Crippen molar-refractivity contribution in [3.63, 3.8) is 0 Å². The van der Waals surface area contributed by atoms with E-state index in [4.69, 9.17) is 9.73 Å². The summed E-state index contributed by atoms with van der Waals surface area (Å²) in [6.07, 6.45) is 0.0185. The molecule has 4 rings (SSSR count). The second kappa shape index (κ2) is 5.61. The molecule has 2 aromatic rings. The fraction of sp³-hybridized carbons (Fsp3) is 0.316. The van der Waals surface area contributed by atoms with Crippen LogP contribution >= 0.6 is 0 Å². The smallest absolute Gasteiger partial charge is 0.195 e. The Morgan fingerprint density at radius 3 is 2.57 bits per heavy atom. The number of fused-ring (bicyclic) bond motifs is 2. The maximum absolute atomic E-state index is 5.65. The molecule has 0 spiro atoms. The Labute approximate surface area is 136 Å². The third kappa shape index (κ3) is 2.17. The molecule has 0 amide bonds. The lowest BCUT2D eigenvalue weighted by atomic mass is 9.89. The largest absolute Gasteiger partial charge is 0.484 e. The minimum atomic E-state index is 0.0185. The number of aliphatic imine (C=N–C) groups is 1. The van der Waals surface area contributed by atoms with Crippen LogP contribution in [0.15, 0.2) is 59.6 Å². The summed E-state index contributed by atoms with van der Waals surface area (Å²) in [6.45, 7) is 3.14. The fourth-order valence-corrected chi connectivity index (χ4v) is 3.82. The van der Waals surface area contributed by atoms with Gasteiger partial charge in [-0.15, -0.1) is 0 Å². The van der Waals surface area contributed by atoms with Crippen molar-refractivity contribution in [1.29, 1.82) is 0 Å². The molecular formula is C19H21N3O. The maximum Gasteiger partial charge on any atom is 0.195 e. The van der Waals surface area contributed by atoms with Crippen LogP contribution in [0.25, 0.3) is 0 Å². The predicted octanol–water partition coefficient (Wildman–Crippen LogP) is 3.48. The molecule has 0 unspecified atom stereocenters. The number of para-hydroxylation sites is 2. The highest BCUT2D eigenvalue weighted by molar-refractivity contribution is 5.90. The monoisotopic (exact) mass is 307 g/mol. The van der Waals surface area contributed by atoms with E-state index in [0.717, 1.165) is 18.1 Å². The van der Waals surface area contributed by atoms with Crippen molar-refractivity contribution in [2.24, 2.45) is 4.99 Å². The first-order valence-electron chi connectivity index (χ1n) is 8.12. The van der Waals surface area contributed by atoms with Gasteiger partial charge in [0.05, 0.1) is 30.4 Å². The number of hydrogen-bond donors (Lipinski definition) is 1. The Morgan fingerprint density at radius 1 is 1.09 bits per heavy atom. The summed E-state index contributed by atoms with van der Waals surface area (Å²) in [5, 5.41) is 3.58. The maximum atomic E-state index is 5.65. The highest BCUT2D eigenvalue weighted by Gasteiger charge is 2.46. The Bertz CT molecular complexity index is 728. The highest BCUT2D eigenvalue weighted by Crippen LogP contribution is 2.43. The molecule has 118 valence electrons. The zero-order chi connectivity index (χ0) is 15.8. The molecule has 0 aromatic heterocycles. The number of ether oxygens (including phenoxy) is 1. The molecule has 4 heteroatoms.